The topological polar surface area (TPSA) is 38.3 Å². The highest BCUT2D eigenvalue weighted by Crippen LogP contribution is 2.12. The van der Waals surface area contributed by atoms with E-state index in [-0.39, 0.29) is 12.3 Å². The third-order valence-electron chi connectivity index (χ3n) is 1.34. The molecule has 1 radical (unpaired) electrons. The van der Waals surface area contributed by atoms with Crippen LogP contribution in [-0.4, -0.2) is 12.7 Å². The summed E-state index contributed by atoms with van der Waals surface area (Å²) in [7, 11) is 0. The van der Waals surface area contributed by atoms with Crippen LogP contribution in [0.5, 0.6) is 0 Å². The highest BCUT2D eigenvalue weighted by Gasteiger charge is 2.04. The number of benzene rings is 1. The van der Waals surface area contributed by atoms with Gasteiger partial charge in [-0.3, -0.25) is 5.32 Å². The standard InChI is InChI=1S/C9H9FNO2/c1-2-13-9(12)11-8-6-4-3-5-7(8)10/h3-6H,1-2H2,(H,11,12). The number of para-hydroxylation sites is 1. The molecule has 0 spiro atoms. The smallest absolute Gasteiger partial charge is 0.411 e. The maximum atomic E-state index is 12.9. The number of nitrogens with one attached hydrogen (secondary N) is 1. The Morgan fingerprint density at radius 3 is 2.85 bits per heavy atom. The molecule has 0 aromatic heterocycles. The van der Waals surface area contributed by atoms with E-state index < -0.39 is 11.9 Å². The van der Waals surface area contributed by atoms with E-state index in [9.17, 15) is 9.18 Å². The van der Waals surface area contributed by atoms with Crippen LogP contribution < -0.4 is 5.32 Å². The number of rotatable bonds is 2. The molecule has 3 nitrogen and oxygen atoms in total. The summed E-state index contributed by atoms with van der Waals surface area (Å²) in [5, 5.41) is 2.23. The van der Waals surface area contributed by atoms with Gasteiger partial charge in [0.15, 0.2) is 0 Å². The second kappa shape index (κ2) is 4.45. The van der Waals surface area contributed by atoms with Crippen molar-refractivity contribution in [3.63, 3.8) is 0 Å². The molecule has 0 saturated heterocycles. The lowest BCUT2D eigenvalue weighted by atomic mass is 10.3. The molecule has 0 unspecified atom stereocenters. The Bertz CT molecular complexity index is 301. The summed E-state index contributed by atoms with van der Waals surface area (Å²) in [6.45, 7) is 3.33. The molecule has 1 N–H and O–H groups in total. The Morgan fingerprint density at radius 2 is 2.23 bits per heavy atom. The van der Waals surface area contributed by atoms with Crippen LogP contribution >= 0.6 is 0 Å². The summed E-state index contributed by atoms with van der Waals surface area (Å²) in [5.41, 5.74) is 0.0981. The number of ether oxygens (including phenoxy) is 1. The first kappa shape index (κ1) is 9.51. The van der Waals surface area contributed by atoms with Gasteiger partial charge in [-0.2, -0.15) is 0 Å². The number of carbonyl (C=O) groups excluding carboxylic acids is 1. The van der Waals surface area contributed by atoms with Gasteiger partial charge in [-0.15, -0.1) is 0 Å². The minimum atomic E-state index is -0.708. The van der Waals surface area contributed by atoms with Crippen LogP contribution in [0.2, 0.25) is 0 Å². The van der Waals surface area contributed by atoms with Crippen molar-refractivity contribution < 1.29 is 13.9 Å². The van der Waals surface area contributed by atoms with Gasteiger partial charge in [-0.05, 0) is 19.1 Å². The number of anilines is 1. The van der Waals surface area contributed by atoms with Crippen molar-refractivity contribution in [2.24, 2.45) is 0 Å². The van der Waals surface area contributed by atoms with Gasteiger partial charge in [0.25, 0.3) is 0 Å². The average molecular weight is 182 g/mol. The van der Waals surface area contributed by atoms with E-state index in [2.05, 4.69) is 17.0 Å². The number of amides is 1. The van der Waals surface area contributed by atoms with Crippen molar-refractivity contribution in [2.45, 2.75) is 0 Å². The van der Waals surface area contributed by atoms with Crippen LogP contribution in [0, 0.1) is 12.7 Å². The number of halogens is 1. The van der Waals surface area contributed by atoms with Crippen LogP contribution in [0.3, 0.4) is 0 Å². The van der Waals surface area contributed by atoms with E-state index in [1.807, 2.05) is 0 Å². The van der Waals surface area contributed by atoms with Crippen molar-refractivity contribution in [3.05, 3.63) is 37.0 Å². The summed E-state index contributed by atoms with van der Waals surface area (Å²) in [6, 6.07) is 5.84. The first-order valence-electron chi connectivity index (χ1n) is 3.71. The lowest BCUT2D eigenvalue weighted by Gasteiger charge is -2.04. The Hall–Kier alpha value is -1.58. The Labute approximate surface area is 75.5 Å². The van der Waals surface area contributed by atoms with E-state index in [0.717, 1.165) is 0 Å². The number of carbonyl (C=O) groups is 1. The molecule has 0 fully saturated rings. The molecule has 0 bridgehead atoms. The van der Waals surface area contributed by atoms with E-state index in [4.69, 9.17) is 0 Å². The lowest BCUT2D eigenvalue weighted by Crippen LogP contribution is -2.14. The van der Waals surface area contributed by atoms with Crippen LogP contribution in [0.4, 0.5) is 14.9 Å². The maximum absolute atomic E-state index is 12.9. The zero-order valence-corrected chi connectivity index (χ0v) is 6.92. The third kappa shape index (κ3) is 2.74. The fraction of sp³-hybridized carbons (Fsp3) is 0.111. The molecule has 1 aromatic carbocycles. The Kier molecular flexibility index (Phi) is 3.25. The van der Waals surface area contributed by atoms with E-state index in [0.29, 0.717) is 0 Å². The van der Waals surface area contributed by atoms with Crippen LogP contribution in [0.25, 0.3) is 0 Å². The zero-order chi connectivity index (χ0) is 9.68. The van der Waals surface area contributed by atoms with Crippen LogP contribution in [0.1, 0.15) is 0 Å². The first-order valence-corrected chi connectivity index (χ1v) is 3.71. The van der Waals surface area contributed by atoms with Crippen molar-refractivity contribution in [2.75, 3.05) is 11.9 Å². The SMILES string of the molecule is [CH2]COC(=O)Nc1ccccc1F. The minimum Gasteiger partial charge on any atom is -0.449 e. The molecule has 0 aliphatic rings. The lowest BCUT2D eigenvalue weighted by molar-refractivity contribution is 0.173. The summed E-state index contributed by atoms with van der Waals surface area (Å²) in [6.07, 6.45) is -0.708. The molecule has 13 heavy (non-hydrogen) atoms. The zero-order valence-electron chi connectivity index (χ0n) is 6.92. The van der Waals surface area contributed by atoms with Crippen LogP contribution in [-0.2, 0) is 4.74 Å². The quantitative estimate of drug-likeness (QED) is 0.761. The number of hydrogen-bond donors (Lipinski definition) is 1. The largest absolute Gasteiger partial charge is 0.449 e. The van der Waals surface area contributed by atoms with Gasteiger partial charge < -0.3 is 4.74 Å². The normalized spacial score (nSPS) is 9.38. The van der Waals surface area contributed by atoms with Crippen molar-refractivity contribution in [3.8, 4) is 0 Å². The van der Waals surface area contributed by atoms with Crippen LogP contribution in [0.15, 0.2) is 24.3 Å². The first-order chi connectivity index (χ1) is 6.24. The second-order valence-electron chi connectivity index (χ2n) is 2.24. The molecule has 0 heterocycles. The fourth-order valence-corrected chi connectivity index (χ4v) is 0.801. The van der Waals surface area contributed by atoms with E-state index in [1.54, 1.807) is 6.07 Å². The highest BCUT2D eigenvalue weighted by atomic mass is 19.1. The molecule has 69 valence electrons. The number of hydrogen-bond acceptors (Lipinski definition) is 2. The second-order valence-corrected chi connectivity index (χ2v) is 2.24. The molecule has 0 saturated carbocycles. The average Bonchev–Trinajstić information content (AvgIpc) is 2.09. The fourth-order valence-electron chi connectivity index (χ4n) is 0.801. The van der Waals surface area contributed by atoms with Gasteiger partial charge in [0.2, 0.25) is 0 Å². The van der Waals surface area contributed by atoms with Gasteiger partial charge in [-0.25, -0.2) is 9.18 Å². The molecule has 0 aliphatic heterocycles. The minimum absolute atomic E-state index is 0.0142. The Morgan fingerprint density at radius 1 is 1.54 bits per heavy atom. The third-order valence-corrected chi connectivity index (χ3v) is 1.34. The Balaban J connectivity index is 2.63. The van der Waals surface area contributed by atoms with Gasteiger partial charge in [0.1, 0.15) is 5.82 Å². The molecule has 1 aromatic rings. The molecule has 4 heteroatoms. The van der Waals surface area contributed by atoms with Crippen molar-refractivity contribution >= 4 is 11.8 Å². The molecular weight excluding hydrogens is 173 g/mol. The van der Waals surface area contributed by atoms with Gasteiger partial charge in [-0.1, -0.05) is 12.1 Å². The van der Waals surface area contributed by atoms with Gasteiger partial charge in [0.05, 0.1) is 12.3 Å². The molecular formula is C9H9FNO2. The maximum Gasteiger partial charge on any atom is 0.411 e. The molecule has 0 aliphatic carbocycles. The monoisotopic (exact) mass is 182 g/mol. The summed E-state index contributed by atoms with van der Waals surface area (Å²) in [4.78, 5) is 10.8. The predicted octanol–water partition coefficient (Wildman–Crippen LogP) is 2.21. The van der Waals surface area contributed by atoms with E-state index >= 15 is 0 Å². The van der Waals surface area contributed by atoms with Crippen molar-refractivity contribution in [1.29, 1.82) is 0 Å². The van der Waals surface area contributed by atoms with Gasteiger partial charge >= 0.3 is 6.09 Å². The molecule has 1 amide bonds. The highest BCUT2D eigenvalue weighted by molar-refractivity contribution is 5.84. The van der Waals surface area contributed by atoms with E-state index in [1.165, 1.54) is 18.2 Å². The van der Waals surface area contributed by atoms with Gasteiger partial charge in [0, 0.05) is 0 Å². The predicted molar refractivity (Wildman–Crippen MR) is 46.7 cm³/mol. The summed E-state index contributed by atoms with van der Waals surface area (Å²) < 4.78 is 17.4. The molecule has 1 rings (SSSR count). The van der Waals surface area contributed by atoms with Crippen molar-refractivity contribution in [1.82, 2.24) is 0 Å². The summed E-state index contributed by atoms with van der Waals surface area (Å²) >= 11 is 0. The molecule has 0 atom stereocenters. The summed E-state index contributed by atoms with van der Waals surface area (Å²) in [5.74, 6) is -0.497.